The van der Waals surface area contributed by atoms with Crippen molar-refractivity contribution in [2.45, 2.75) is 12.6 Å². The van der Waals surface area contributed by atoms with Crippen molar-refractivity contribution in [2.24, 2.45) is 5.92 Å². The van der Waals surface area contributed by atoms with E-state index < -0.39 is 27.5 Å². The average molecular weight is 351 g/mol. The lowest BCUT2D eigenvalue weighted by atomic mass is 10.1. The van der Waals surface area contributed by atoms with E-state index in [1.807, 2.05) is 0 Å². The molecule has 1 aromatic rings. The molecule has 1 aliphatic heterocycles. The van der Waals surface area contributed by atoms with Gasteiger partial charge < -0.3 is 10.1 Å². The van der Waals surface area contributed by atoms with E-state index in [2.05, 4.69) is 5.32 Å². The Morgan fingerprint density at radius 3 is 2.43 bits per heavy atom. The number of ether oxygens (including phenoxy) is 1. The first-order valence-electron chi connectivity index (χ1n) is 6.95. The summed E-state index contributed by atoms with van der Waals surface area (Å²) in [5.74, 6) is -0.741. The lowest BCUT2D eigenvalue weighted by Crippen LogP contribution is -2.34. The molecule has 1 saturated heterocycles. The fraction of sp³-hybridized carbons (Fsp3) is 0.500. The van der Waals surface area contributed by atoms with Crippen LogP contribution in [0, 0.1) is 5.92 Å². The lowest BCUT2D eigenvalue weighted by molar-refractivity contribution is -0.137. The summed E-state index contributed by atoms with van der Waals surface area (Å²) in [7, 11) is -3.11. The topological polar surface area (TPSA) is 72.5 Å². The Balaban J connectivity index is 1.72. The van der Waals surface area contributed by atoms with Crippen molar-refractivity contribution < 1.29 is 31.1 Å². The number of hydrogen-bond acceptors (Lipinski definition) is 4. The highest BCUT2D eigenvalue weighted by molar-refractivity contribution is 7.91. The van der Waals surface area contributed by atoms with Crippen LogP contribution in [-0.2, 0) is 20.8 Å². The maximum absolute atomic E-state index is 12.4. The number of sulfone groups is 1. The molecule has 1 atom stereocenters. The molecule has 1 aliphatic rings. The number of rotatable bonds is 5. The Labute approximate surface area is 131 Å². The molecule has 2 rings (SSSR count). The van der Waals surface area contributed by atoms with Crippen LogP contribution in [0.4, 0.5) is 13.2 Å². The first kappa shape index (κ1) is 17.6. The van der Waals surface area contributed by atoms with Gasteiger partial charge in [0.2, 0.25) is 5.91 Å². The second-order valence-corrected chi connectivity index (χ2v) is 7.49. The Morgan fingerprint density at radius 1 is 1.26 bits per heavy atom. The number of nitrogens with one attached hydrogen (secondary N) is 1. The molecule has 1 heterocycles. The quantitative estimate of drug-likeness (QED) is 0.819. The van der Waals surface area contributed by atoms with Crippen molar-refractivity contribution in [2.75, 3.05) is 24.7 Å². The normalized spacial score (nSPS) is 20.2. The summed E-state index contributed by atoms with van der Waals surface area (Å²) < 4.78 is 64.9. The van der Waals surface area contributed by atoms with Crippen LogP contribution in [0.1, 0.15) is 12.0 Å². The van der Waals surface area contributed by atoms with Crippen LogP contribution >= 0.6 is 0 Å². The number of carbonyl (C=O) groups excluding carboxylic acids is 1. The van der Waals surface area contributed by atoms with Gasteiger partial charge in [-0.15, -0.1) is 0 Å². The minimum atomic E-state index is -4.39. The maximum Gasteiger partial charge on any atom is 0.416 e. The largest absolute Gasteiger partial charge is 0.492 e. The molecule has 0 spiro atoms. The highest BCUT2D eigenvalue weighted by Crippen LogP contribution is 2.30. The zero-order chi connectivity index (χ0) is 17.1. The molecule has 9 heteroatoms. The van der Waals surface area contributed by atoms with E-state index in [-0.39, 0.29) is 36.3 Å². The number of alkyl halides is 3. The molecule has 23 heavy (non-hydrogen) atoms. The van der Waals surface area contributed by atoms with Crippen LogP contribution in [0.2, 0.25) is 0 Å². The van der Waals surface area contributed by atoms with E-state index in [4.69, 9.17) is 4.74 Å². The molecule has 1 aromatic carbocycles. The van der Waals surface area contributed by atoms with Gasteiger partial charge >= 0.3 is 6.18 Å². The van der Waals surface area contributed by atoms with Gasteiger partial charge in [0.1, 0.15) is 12.4 Å². The van der Waals surface area contributed by atoms with Crippen molar-refractivity contribution in [3.63, 3.8) is 0 Å². The van der Waals surface area contributed by atoms with E-state index in [0.717, 1.165) is 12.1 Å². The van der Waals surface area contributed by atoms with E-state index in [1.165, 1.54) is 12.1 Å². The first-order valence-corrected chi connectivity index (χ1v) is 8.78. The third kappa shape index (κ3) is 5.12. The summed E-state index contributed by atoms with van der Waals surface area (Å²) in [5.41, 5.74) is -0.763. The zero-order valence-corrected chi connectivity index (χ0v) is 12.9. The van der Waals surface area contributed by atoms with Crippen LogP contribution < -0.4 is 10.1 Å². The molecule has 1 unspecified atom stereocenters. The first-order chi connectivity index (χ1) is 10.7. The molecule has 5 nitrogen and oxygen atoms in total. The van der Waals surface area contributed by atoms with Crippen molar-refractivity contribution in [1.82, 2.24) is 5.32 Å². The van der Waals surface area contributed by atoms with Crippen LogP contribution in [0.3, 0.4) is 0 Å². The average Bonchev–Trinajstić information content (AvgIpc) is 2.83. The Kier molecular flexibility index (Phi) is 5.18. The second-order valence-electron chi connectivity index (χ2n) is 5.26. The van der Waals surface area contributed by atoms with E-state index in [0.29, 0.717) is 6.42 Å². The van der Waals surface area contributed by atoms with Crippen molar-refractivity contribution in [3.05, 3.63) is 29.8 Å². The molecular weight excluding hydrogens is 335 g/mol. The van der Waals surface area contributed by atoms with Gasteiger partial charge in [0.05, 0.1) is 29.5 Å². The third-order valence-electron chi connectivity index (χ3n) is 3.45. The molecule has 1 N–H and O–H groups in total. The summed E-state index contributed by atoms with van der Waals surface area (Å²) in [5, 5.41) is 2.56. The molecule has 0 bridgehead atoms. The number of carbonyl (C=O) groups is 1. The fourth-order valence-electron chi connectivity index (χ4n) is 2.23. The molecule has 128 valence electrons. The molecular formula is C14H16F3NO4S. The number of benzene rings is 1. The van der Waals surface area contributed by atoms with Gasteiger partial charge in [-0.05, 0) is 30.7 Å². The predicted molar refractivity (Wildman–Crippen MR) is 76.7 cm³/mol. The van der Waals surface area contributed by atoms with E-state index in [1.54, 1.807) is 0 Å². The van der Waals surface area contributed by atoms with Crippen molar-refractivity contribution in [1.29, 1.82) is 0 Å². The SMILES string of the molecule is O=C(NCCOc1ccc(C(F)(F)F)cc1)C1CCS(=O)(=O)C1. The van der Waals surface area contributed by atoms with Gasteiger partial charge in [0.15, 0.2) is 9.84 Å². The summed E-state index contributed by atoms with van der Waals surface area (Å²) in [6, 6.07) is 4.23. The molecule has 0 radical (unpaired) electrons. The summed E-state index contributed by atoms with van der Waals surface area (Å²) in [4.78, 5) is 11.7. The van der Waals surface area contributed by atoms with Crippen LogP contribution in [0.5, 0.6) is 5.75 Å². The van der Waals surface area contributed by atoms with Crippen LogP contribution in [-0.4, -0.2) is 39.0 Å². The Morgan fingerprint density at radius 2 is 1.91 bits per heavy atom. The van der Waals surface area contributed by atoms with E-state index >= 15 is 0 Å². The van der Waals surface area contributed by atoms with E-state index in [9.17, 15) is 26.4 Å². The highest BCUT2D eigenvalue weighted by atomic mass is 32.2. The van der Waals surface area contributed by atoms with Gasteiger partial charge in [-0.2, -0.15) is 13.2 Å². The molecule has 0 aromatic heterocycles. The van der Waals surface area contributed by atoms with Gasteiger partial charge in [0.25, 0.3) is 0 Å². The minimum absolute atomic E-state index is 0.0210. The monoisotopic (exact) mass is 351 g/mol. The summed E-state index contributed by atoms with van der Waals surface area (Å²) in [6.07, 6.45) is -4.08. The lowest BCUT2D eigenvalue weighted by Gasteiger charge is -2.11. The molecule has 1 amide bonds. The second kappa shape index (κ2) is 6.77. The zero-order valence-electron chi connectivity index (χ0n) is 12.1. The third-order valence-corrected chi connectivity index (χ3v) is 5.22. The van der Waals surface area contributed by atoms with Crippen LogP contribution in [0.15, 0.2) is 24.3 Å². The standard InChI is InChI=1S/C14H16F3NO4S/c15-14(16,17)11-1-3-12(4-2-11)22-7-6-18-13(19)10-5-8-23(20,21)9-10/h1-4,10H,5-9H2,(H,18,19). The van der Waals surface area contributed by atoms with Crippen molar-refractivity contribution in [3.8, 4) is 5.75 Å². The predicted octanol–water partition coefficient (Wildman–Crippen LogP) is 1.64. The number of hydrogen-bond donors (Lipinski definition) is 1. The molecule has 0 saturated carbocycles. The fourth-order valence-corrected chi connectivity index (χ4v) is 3.97. The van der Waals surface area contributed by atoms with Crippen molar-refractivity contribution >= 4 is 15.7 Å². The van der Waals surface area contributed by atoms with Gasteiger partial charge in [0, 0.05) is 0 Å². The Bertz CT molecular complexity index is 656. The van der Waals surface area contributed by atoms with Gasteiger partial charge in [-0.25, -0.2) is 8.42 Å². The molecule has 0 aliphatic carbocycles. The summed E-state index contributed by atoms with van der Waals surface area (Å²) in [6.45, 7) is 0.229. The van der Waals surface area contributed by atoms with Gasteiger partial charge in [-0.1, -0.05) is 0 Å². The molecule has 1 fully saturated rings. The highest BCUT2D eigenvalue weighted by Gasteiger charge is 2.32. The maximum atomic E-state index is 12.4. The summed E-state index contributed by atoms with van der Waals surface area (Å²) >= 11 is 0. The minimum Gasteiger partial charge on any atom is -0.492 e. The smallest absolute Gasteiger partial charge is 0.416 e. The van der Waals surface area contributed by atoms with Crippen LogP contribution in [0.25, 0.3) is 0 Å². The number of halogens is 3. The Hall–Kier alpha value is -1.77. The van der Waals surface area contributed by atoms with Gasteiger partial charge in [-0.3, -0.25) is 4.79 Å². The number of amides is 1.